The van der Waals surface area contributed by atoms with Gasteiger partial charge in [0.15, 0.2) is 0 Å². The van der Waals surface area contributed by atoms with Crippen molar-refractivity contribution >= 4 is 17.9 Å². The van der Waals surface area contributed by atoms with Gasteiger partial charge in [-0.05, 0) is 90.7 Å². The highest BCUT2D eigenvalue weighted by Crippen LogP contribution is 2.56. The predicted octanol–water partition coefficient (Wildman–Crippen LogP) is 7.58. The topological polar surface area (TPSA) is 158 Å². The molecule has 1 saturated heterocycles. The minimum Gasteiger partial charge on any atom is -0.453 e. The molecule has 2 aromatic carbocycles. The number of carbonyl (C=O) groups is 3. The van der Waals surface area contributed by atoms with E-state index in [2.05, 4.69) is 79.1 Å². The standard InChI is InChI=1S/C44H50N8O4/c1-25(2)39(51-44(55)56-4)43(54)52-20-6-8-36(52)40-46-23-34(49-40)29-13-9-27(10-14-29)28-11-15-30(16-12-28)35-24-47-41(50-35)37-31-17-18-32(21-31)38(37)42(53)48-26(3)33-7-5-19-45-22-33/h5,7,9-16,19,22-26,31-32,36-39H,6,8,17-18,20-21H2,1-4H3,(H,46,49)(H,47,50)(H,48,53)(H,51,55)/t26-,31+,32-,36+,37-,38-,39+/m1/s1. The van der Waals surface area contributed by atoms with Crippen molar-refractivity contribution in [3.8, 4) is 33.6 Å². The Morgan fingerprint density at radius 1 is 0.786 bits per heavy atom. The number of nitrogens with zero attached hydrogens (tertiary/aromatic N) is 4. The van der Waals surface area contributed by atoms with Gasteiger partial charge in [0.2, 0.25) is 11.8 Å². The molecule has 0 radical (unpaired) electrons. The highest BCUT2D eigenvalue weighted by Gasteiger charge is 2.52. The van der Waals surface area contributed by atoms with Crippen LogP contribution in [0, 0.1) is 23.7 Å². The third-order valence-electron chi connectivity index (χ3n) is 12.2. The van der Waals surface area contributed by atoms with E-state index < -0.39 is 12.1 Å². The molecule has 3 aromatic heterocycles. The molecule has 290 valence electrons. The van der Waals surface area contributed by atoms with E-state index in [9.17, 15) is 14.4 Å². The molecule has 2 aliphatic carbocycles. The second-order valence-corrected chi connectivity index (χ2v) is 16.0. The fraction of sp³-hybridized carbons (Fsp3) is 0.409. The molecule has 0 unspecified atom stereocenters. The normalized spacial score (nSPS) is 22.6. The lowest BCUT2D eigenvalue weighted by Gasteiger charge is -2.30. The highest BCUT2D eigenvalue weighted by molar-refractivity contribution is 5.86. The molecule has 2 bridgehead atoms. The average Bonchev–Trinajstić information content (AvgIpc) is 4.08. The maximum absolute atomic E-state index is 13.7. The van der Waals surface area contributed by atoms with Gasteiger partial charge in [0, 0.05) is 24.9 Å². The van der Waals surface area contributed by atoms with Crippen LogP contribution in [0.5, 0.6) is 0 Å². The third kappa shape index (κ3) is 7.32. The number of H-pyrrole nitrogens is 2. The Morgan fingerprint density at radius 3 is 2.04 bits per heavy atom. The fourth-order valence-electron chi connectivity index (χ4n) is 9.27. The molecule has 5 aromatic rings. The predicted molar refractivity (Wildman–Crippen MR) is 213 cm³/mol. The number of hydrogen-bond acceptors (Lipinski definition) is 7. The Morgan fingerprint density at radius 2 is 1.41 bits per heavy atom. The van der Waals surface area contributed by atoms with Crippen molar-refractivity contribution in [3.63, 3.8) is 0 Å². The average molecular weight is 755 g/mol. The number of aromatic nitrogens is 5. The van der Waals surface area contributed by atoms with Crippen LogP contribution in [0.2, 0.25) is 0 Å². The zero-order valence-corrected chi connectivity index (χ0v) is 32.4. The Bertz CT molecular complexity index is 2160. The molecular weight excluding hydrogens is 705 g/mol. The minimum absolute atomic E-state index is 0.0829. The summed E-state index contributed by atoms with van der Waals surface area (Å²) in [5.74, 6) is 2.37. The largest absolute Gasteiger partial charge is 0.453 e. The minimum atomic E-state index is -0.677. The van der Waals surface area contributed by atoms with E-state index in [0.29, 0.717) is 18.4 Å². The summed E-state index contributed by atoms with van der Waals surface area (Å²) in [7, 11) is 1.30. The number of benzene rings is 2. The number of imidazole rings is 2. The Kier molecular flexibility index (Phi) is 10.5. The van der Waals surface area contributed by atoms with Gasteiger partial charge in [-0.1, -0.05) is 68.4 Å². The van der Waals surface area contributed by atoms with E-state index in [4.69, 9.17) is 9.72 Å². The monoisotopic (exact) mass is 754 g/mol. The molecule has 3 fully saturated rings. The first-order valence-electron chi connectivity index (χ1n) is 19.8. The smallest absolute Gasteiger partial charge is 0.407 e. The number of pyridine rings is 1. The van der Waals surface area contributed by atoms with Crippen molar-refractivity contribution in [1.29, 1.82) is 0 Å². The number of aromatic amines is 2. The van der Waals surface area contributed by atoms with E-state index in [1.165, 1.54) is 7.11 Å². The van der Waals surface area contributed by atoms with E-state index in [1.54, 1.807) is 6.20 Å². The van der Waals surface area contributed by atoms with Gasteiger partial charge in [-0.15, -0.1) is 0 Å². The van der Waals surface area contributed by atoms with E-state index in [0.717, 1.165) is 83.0 Å². The molecule has 7 atom stereocenters. The molecule has 12 nitrogen and oxygen atoms in total. The molecule has 0 spiro atoms. The van der Waals surface area contributed by atoms with Gasteiger partial charge in [-0.3, -0.25) is 14.6 Å². The lowest BCUT2D eigenvalue weighted by Crippen LogP contribution is -2.51. The summed E-state index contributed by atoms with van der Waals surface area (Å²) in [4.78, 5) is 61.9. The summed E-state index contributed by atoms with van der Waals surface area (Å²) in [5, 5.41) is 5.98. The van der Waals surface area contributed by atoms with Gasteiger partial charge in [-0.2, -0.15) is 0 Å². The number of methoxy groups -OCH3 is 1. The first kappa shape index (κ1) is 37.2. The van der Waals surface area contributed by atoms with Crippen molar-refractivity contribution in [3.05, 3.63) is 103 Å². The van der Waals surface area contributed by atoms with Crippen LogP contribution in [0.25, 0.3) is 33.6 Å². The van der Waals surface area contributed by atoms with Gasteiger partial charge in [-0.25, -0.2) is 14.8 Å². The van der Waals surface area contributed by atoms with Crippen LogP contribution in [0.3, 0.4) is 0 Å². The van der Waals surface area contributed by atoms with Crippen molar-refractivity contribution in [2.75, 3.05) is 13.7 Å². The number of rotatable bonds is 11. The maximum Gasteiger partial charge on any atom is 0.407 e. The summed E-state index contributed by atoms with van der Waals surface area (Å²) < 4.78 is 4.76. The van der Waals surface area contributed by atoms with Crippen molar-refractivity contribution in [1.82, 2.24) is 40.5 Å². The van der Waals surface area contributed by atoms with E-state index in [1.807, 2.05) is 56.4 Å². The summed E-state index contributed by atoms with van der Waals surface area (Å²) >= 11 is 0. The third-order valence-corrected chi connectivity index (χ3v) is 12.2. The summed E-state index contributed by atoms with van der Waals surface area (Å²) in [6.45, 7) is 6.44. The first-order chi connectivity index (χ1) is 27.2. The van der Waals surface area contributed by atoms with Gasteiger partial charge in [0.1, 0.15) is 17.7 Å². The number of hydrogen-bond donors (Lipinski definition) is 4. The fourth-order valence-corrected chi connectivity index (χ4v) is 9.27. The van der Waals surface area contributed by atoms with Crippen molar-refractivity contribution in [2.24, 2.45) is 23.7 Å². The van der Waals surface area contributed by atoms with E-state index in [-0.39, 0.29) is 41.7 Å². The number of alkyl carbamates (subject to hydrolysis) is 1. The number of fused-ring (bicyclic) bond motifs is 2. The van der Waals surface area contributed by atoms with Crippen LogP contribution in [0.1, 0.15) is 88.1 Å². The molecular formula is C44H50N8O4. The van der Waals surface area contributed by atoms with Crippen LogP contribution >= 0.6 is 0 Å². The number of amides is 3. The number of ether oxygens (including phenoxy) is 1. The number of likely N-dealkylation sites (tertiary alicyclic amines) is 1. The van der Waals surface area contributed by atoms with Crippen molar-refractivity contribution in [2.45, 2.75) is 76.9 Å². The van der Waals surface area contributed by atoms with Crippen LogP contribution < -0.4 is 10.6 Å². The second kappa shape index (κ2) is 15.8. The van der Waals surface area contributed by atoms with Crippen LogP contribution in [-0.4, -0.2) is 67.4 Å². The molecule has 3 amide bonds. The van der Waals surface area contributed by atoms with Crippen LogP contribution in [0.4, 0.5) is 4.79 Å². The Labute approximate surface area is 327 Å². The summed E-state index contributed by atoms with van der Waals surface area (Å²) in [6.07, 6.45) is 11.6. The highest BCUT2D eigenvalue weighted by atomic mass is 16.5. The van der Waals surface area contributed by atoms with Crippen LogP contribution in [0.15, 0.2) is 85.5 Å². The van der Waals surface area contributed by atoms with Crippen LogP contribution in [-0.2, 0) is 14.3 Å². The molecule has 4 heterocycles. The lowest BCUT2D eigenvalue weighted by atomic mass is 9.78. The molecule has 12 heteroatoms. The summed E-state index contributed by atoms with van der Waals surface area (Å²) in [5.41, 5.74) is 7.06. The molecule has 3 aliphatic rings. The maximum atomic E-state index is 13.7. The molecule has 8 rings (SSSR count). The molecule has 4 N–H and O–H groups in total. The van der Waals surface area contributed by atoms with Gasteiger partial charge < -0.3 is 30.2 Å². The zero-order chi connectivity index (χ0) is 38.9. The van der Waals surface area contributed by atoms with Crippen molar-refractivity contribution < 1.29 is 19.1 Å². The first-order valence-corrected chi connectivity index (χ1v) is 19.8. The van der Waals surface area contributed by atoms with E-state index >= 15 is 0 Å². The second-order valence-electron chi connectivity index (χ2n) is 16.0. The zero-order valence-electron chi connectivity index (χ0n) is 32.4. The Balaban J connectivity index is 0.922. The lowest BCUT2D eigenvalue weighted by molar-refractivity contribution is -0.135. The summed E-state index contributed by atoms with van der Waals surface area (Å²) in [6, 6.07) is 19.8. The Hall–Kier alpha value is -5.78. The number of nitrogens with one attached hydrogen (secondary N) is 4. The van der Waals surface area contributed by atoms with Gasteiger partial charge in [0.25, 0.3) is 0 Å². The SMILES string of the molecule is COC(=O)N[C@H](C(=O)N1CCC[C@H]1c1ncc(-c2ccc(-c3ccc(-c4cnc([C@@H]5[C@H]6CC[C@H](C6)[C@H]5C(=O)N[C@H](C)c5cccnc5)[nH]4)cc3)cc2)[nH]1)C(C)C. The molecule has 1 aliphatic heterocycles. The van der Waals surface area contributed by atoms with Gasteiger partial charge >= 0.3 is 6.09 Å². The molecule has 56 heavy (non-hydrogen) atoms. The molecule has 2 saturated carbocycles. The number of carbonyl (C=O) groups excluding carboxylic acids is 3. The quantitative estimate of drug-likeness (QED) is 0.108. The van der Waals surface area contributed by atoms with Gasteiger partial charge in [0.05, 0.1) is 48.9 Å².